The lowest BCUT2D eigenvalue weighted by Gasteiger charge is -2.16. The van der Waals surface area contributed by atoms with Crippen molar-refractivity contribution < 1.29 is 4.74 Å². The van der Waals surface area contributed by atoms with Crippen LogP contribution in [0.4, 0.5) is 0 Å². The lowest BCUT2D eigenvalue weighted by Crippen LogP contribution is -2.14. The van der Waals surface area contributed by atoms with Gasteiger partial charge in [-0.1, -0.05) is 23.8 Å². The van der Waals surface area contributed by atoms with Crippen LogP contribution in [0.2, 0.25) is 0 Å². The highest BCUT2D eigenvalue weighted by atomic mass is 16.5. The van der Waals surface area contributed by atoms with Crippen LogP contribution in [0, 0.1) is 0 Å². The van der Waals surface area contributed by atoms with Crippen molar-refractivity contribution in [1.29, 1.82) is 0 Å². The van der Waals surface area contributed by atoms with Gasteiger partial charge in [0.05, 0.1) is 6.61 Å². The largest absolute Gasteiger partial charge is 0.493 e. The Morgan fingerprint density at radius 2 is 2.12 bits per heavy atom. The van der Waals surface area contributed by atoms with E-state index in [1.165, 1.54) is 5.56 Å². The molecule has 16 heavy (non-hydrogen) atoms. The molecule has 0 amide bonds. The van der Waals surface area contributed by atoms with Gasteiger partial charge in [0.15, 0.2) is 0 Å². The number of rotatable bonds is 6. The molecule has 1 atom stereocenters. The summed E-state index contributed by atoms with van der Waals surface area (Å²) >= 11 is 0. The number of ether oxygens (including phenoxy) is 1. The molecule has 1 N–H and O–H groups in total. The quantitative estimate of drug-likeness (QED) is 0.741. The summed E-state index contributed by atoms with van der Waals surface area (Å²) in [6.07, 6.45) is 0.905. The molecule has 0 aliphatic carbocycles. The van der Waals surface area contributed by atoms with E-state index in [4.69, 9.17) is 4.74 Å². The molecule has 0 saturated heterocycles. The van der Waals surface area contributed by atoms with Crippen LogP contribution in [0.5, 0.6) is 5.75 Å². The highest BCUT2D eigenvalue weighted by Gasteiger charge is 2.08. The predicted molar refractivity (Wildman–Crippen MR) is 68.8 cm³/mol. The van der Waals surface area contributed by atoms with Crippen LogP contribution in [-0.4, -0.2) is 13.7 Å². The van der Waals surface area contributed by atoms with Gasteiger partial charge in [-0.25, -0.2) is 0 Å². The summed E-state index contributed by atoms with van der Waals surface area (Å²) in [4.78, 5) is 0. The lowest BCUT2D eigenvalue weighted by atomic mass is 10.1. The minimum Gasteiger partial charge on any atom is -0.493 e. The van der Waals surface area contributed by atoms with Crippen LogP contribution in [0.1, 0.15) is 31.9 Å². The van der Waals surface area contributed by atoms with Crippen molar-refractivity contribution in [2.45, 2.75) is 26.3 Å². The molecule has 2 heteroatoms. The minimum absolute atomic E-state index is 0.307. The molecule has 0 heterocycles. The third-order valence-electron chi connectivity index (χ3n) is 2.60. The van der Waals surface area contributed by atoms with E-state index in [9.17, 15) is 0 Å². The molecular formula is C14H21NO. The first kappa shape index (κ1) is 12.8. The normalized spacial score (nSPS) is 12.2. The summed E-state index contributed by atoms with van der Waals surface area (Å²) in [6.45, 7) is 8.71. The van der Waals surface area contributed by atoms with E-state index in [0.29, 0.717) is 12.6 Å². The summed E-state index contributed by atoms with van der Waals surface area (Å²) in [5.41, 5.74) is 2.35. The molecule has 1 rings (SSSR count). The van der Waals surface area contributed by atoms with Crippen LogP contribution >= 0.6 is 0 Å². The van der Waals surface area contributed by atoms with E-state index in [-0.39, 0.29) is 0 Å². The van der Waals surface area contributed by atoms with Crippen molar-refractivity contribution in [2.75, 3.05) is 13.7 Å². The van der Waals surface area contributed by atoms with Gasteiger partial charge in [-0.05, 0) is 27.0 Å². The molecule has 0 spiro atoms. The maximum atomic E-state index is 5.77. The Balaban J connectivity index is 2.67. The van der Waals surface area contributed by atoms with Crippen molar-refractivity contribution in [1.82, 2.24) is 5.32 Å². The van der Waals surface area contributed by atoms with Crippen LogP contribution in [0.15, 0.2) is 36.4 Å². The van der Waals surface area contributed by atoms with E-state index in [2.05, 4.69) is 24.9 Å². The fourth-order valence-corrected chi connectivity index (χ4v) is 1.46. The summed E-state index contributed by atoms with van der Waals surface area (Å²) in [5, 5.41) is 3.22. The third-order valence-corrected chi connectivity index (χ3v) is 2.60. The molecule has 1 unspecified atom stereocenters. The molecule has 2 nitrogen and oxygen atoms in total. The van der Waals surface area contributed by atoms with E-state index < -0.39 is 0 Å². The average Bonchev–Trinajstić information content (AvgIpc) is 2.28. The van der Waals surface area contributed by atoms with Gasteiger partial charge in [0, 0.05) is 18.0 Å². The van der Waals surface area contributed by atoms with Gasteiger partial charge < -0.3 is 10.1 Å². The average molecular weight is 219 g/mol. The predicted octanol–water partition coefficient (Wildman–Crippen LogP) is 3.31. The Bertz CT molecular complexity index is 346. The van der Waals surface area contributed by atoms with Crippen LogP contribution in [0.25, 0.3) is 0 Å². The second-order valence-electron chi connectivity index (χ2n) is 4.10. The molecule has 0 aromatic heterocycles. The number of hydrogen-bond acceptors (Lipinski definition) is 2. The van der Waals surface area contributed by atoms with E-state index in [0.717, 1.165) is 17.7 Å². The van der Waals surface area contributed by atoms with Gasteiger partial charge in [0.1, 0.15) is 5.75 Å². The van der Waals surface area contributed by atoms with Crippen molar-refractivity contribution >= 4 is 0 Å². The van der Waals surface area contributed by atoms with Gasteiger partial charge in [0.2, 0.25) is 0 Å². The molecule has 0 radical (unpaired) electrons. The Morgan fingerprint density at radius 1 is 1.44 bits per heavy atom. The van der Waals surface area contributed by atoms with Crippen molar-refractivity contribution in [3.05, 3.63) is 42.0 Å². The van der Waals surface area contributed by atoms with Gasteiger partial charge in [-0.15, -0.1) is 6.58 Å². The smallest absolute Gasteiger partial charge is 0.124 e. The first-order valence-electron chi connectivity index (χ1n) is 5.68. The Morgan fingerprint density at radius 3 is 2.75 bits per heavy atom. The zero-order valence-corrected chi connectivity index (χ0v) is 10.4. The first-order valence-corrected chi connectivity index (χ1v) is 5.68. The zero-order valence-electron chi connectivity index (χ0n) is 10.4. The molecule has 1 aromatic carbocycles. The summed E-state index contributed by atoms with van der Waals surface area (Å²) in [6, 6.07) is 8.45. The first-order chi connectivity index (χ1) is 7.65. The van der Waals surface area contributed by atoms with Gasteiger partial charge in [0.25, 0.3) is 0 Å². The molecule has 0 aliphatic rings. The summed E-state index contributed by atoms with van der Waals surface area (Å²) in [7, 11) is 1.95. The number of nitrogens with one attached hydrogen (secondary N) is 1. The highest BCUT2D eigenvalue weighted by molar-refractivity contribution is 5.35. The van der Waals surface area contributed by atoms with Gasteiger partial charge >= 0.3 is 0 Å². The standard InChI is InChI=1S/C14H21NO/c1-11(2)9-10-16-14-8-6-5-7-13(14)12(3)15-4/h5-8,12,15H,1,9-10H2,2-4H3. The monoisotopic (exact) mass is 219 g/mol. The van der Waals surface area contributed by atoms with Crippen molar-refractivity contribution in [3.63, 3.8) is 0 Å². The number of benzene rings is 1. The van der Waals surface area contributed by atoms with Crippen LogP contribution in [0.3, 0.4) is 0 Å². The fraction of sp³-hybridized carbons (Fsp3) is 0.429. The van der Waals surface area contributed by atoms with E-state index in [1.807, 2.05) is 32.2 Å². The number of hydrogen-bond donors (Lipinski definition) is 1. The van der Waals surface area contributed by atoms with Crippen LogP contribution < -0.4 is 10.1 Å². The molecule has 0 fully saturated rings. The molecule has 0 bridgehead atoms. The van der Waals surface area contributed by atoms with E-state index in [1.54, 1.807) is 0 Å². The molecule has 0 aliphatic heterocycles. The fourth-order valence-electron chi connectivity index (χ4n) is 1.46. The maximum Gasteiger partial charge on any atom is 0.124 e. The Labute approximate surface area is 98.3 Å². The second kappa shape index (κ2) is 6.33. The van der Waals surface area contributed by atoms with Gasteiger partial charge in [-0.2, -0.15) is 0 Å². The molecule has 0 saturated carbocycles. The van der Waals surface area contributed by atoms with Gasteiger partial charge in [-0.3, -0.25) is 0 Å². The topological polar surface area (TPSA) is 21.3 Å². The molecular weight excluding hydrogens is 198 g/mol. The SMILES string of the molecule is C=C(C)CCOc1ccccc1C(C)NC. The summed E-state index contributed by atoms with van der Waals surface area (Å²) < 4.78 is 5.77. The van der Waals surface area contributed by atoms with Crippen LogP contribution in [-0.2, 0) is 0 Å². The third kappa shape index (κ3) is 3.70. The molecule has 1 aromatic rings. The highest BCUT2D eigenvalue weighted by Crippen LogP contribution is 2.24. The number of para-hydroxylation sites is 1. The van der Waals surface area contributed by atoms with Crippen molar-refractivity contribution in [2.24, 2.45) is 0 Å². The minimum atomic E-state index is 0.307. The zero-order chi connectivity index (χ0) is 12.0. The molecule has 88 valence electrons. The van der Waals surface area contributed by atoms with E-state index >= 15 is 0 Å². The van der Waals surface area contributed by atoms with Crippen molar-refractivity contribution in [3.8, 4) is 5.75 Å². The maximum absolute atomic E-state index is 5.77. The second-order valence-corrected chi connectivity index (χ2v) is 4.10. The lowest BCUT2D eigenvalue weighted by molar-refractivity contribution is 0.315. The summed E-state index contributed by atoms with van der Waals surface area (Å²) in [5.74, 6) is 0.964. The Hall–Kier alpha value is -1.28. The Kier molecular flexibility index (Phi) is 5.06.